The Morgan fingerprint density at radius 1 is 1.60 bits per heavy atom. The number of hydrogen-bond acceptors (Lipinski definition) is 2. The minimum Gasteiger partial charge on any atom is -0.481 e. The molecule has 0 aliphatic heterocycles. The van der Waals surface area contributed by atoms with Gasteiger partial charge in [0.25, 0.3) is 0 Å². The first-order chi connectivity index (χ1) is 4.77. The van der Waals surface area contributed by atoms with Gasteiger partial charge in [-0.15, -0.1) is 0 Å². The highest BCUT2D eigenvalue weighted by Crippen LogP contribution is 1.91. The molecular weight excluding hydrogens is 132 g/mol. The molecule has 3 nitrogen and oxygen atoms in total. The maximum absolute atomic E-state index is 9.91. The molecule has 0 bridgehead atoms. The maximum Gasteiger partial charge on any atom is 0.303 e. The zero-order chi connectivity index (χ0) is 7.82. The predicted octanol–water partition coefficient (Wildman–Crippen LogP) is 0.444. The summed E-state index contributed by atoms with van der Waals surface area (Å²) in [5.41, 5.74) is 0. The van der Waals surface area contributed by atoms with E-state index in [1.54, 1.807) is 0 Å². The second-order valence-electron chi connectivity index (χ2n) is 1.69. The molecule has 0 heterocycles. The summed E-state index contributed by atoms with van der Waals surface area (Å²) in [6, 6.07) is 0. The largest absolute Gasteiger partial charge is 0.481 e. The fraction of sp³-hybridized carbons (Fsp3) is 0.429. The first-order valence-corrected chi connectivity index (χ1v) is 2.91. The van der Waals surface area contributed by atoms with Crippen LogP contribution in [0.4, 0.5) is 0 Å². The molecule has 1 N–H and O–H groups in total. The molecule has 0 unspecified atom stereocenters. The minimum absolute atomic E-state index is 0.119. The van der Waals surface area contributed by atoms with Gasteiger partial charge in [0.1, 0.15) is 0 Å². The van der Waals surface area contributed by atoms with E-state index in [2.05, 4.69) is 11.8 Å². The number of unbranched alkanes of at least 4 members (excludes halogenated alkanes) is 1. The van der Waals surface area contributed by atoms with Crippen LogP contribution in [0.25, 0.3) is 0 Å². The monoisotopic (exact) mass is 140 g/mol. The molecule has 0 aromatic carbocycles. The molecule has 0 fully saturated rings. The topological polar surface area (TPSA) is 54.4 Å². The molecule has 0 atom stereocenters. The van der Waals surface area contributed by atoms with Crippen LogP contribution in [0.3, 0.4) is 0 Å². The lowest BCUT2D eigenvalue weighted by Gasteiger charge is -1.86. The van der Waals surface area contributed by atoms with E-state index >= 15 is 0 Å². The van der Waals surface area contributed by atoms with Crippen molar-refractivity contribution in [2.24, 2.45) is 0 Å². The number of carboxylic acids is 1. The lowest BCUT2D eigenvalue weighted by Crippen LogP contribution is -1.92. The Kier molecular flexibility index (Phi) is 5.07. The molecule has 0 saturated carbocycles. The van der Waals surface area contributed by atoms with Crippen molar-refractivity contribution in [1.29, 1.82) is 0 Å². The number of carbonyl (C=O) groups excluding carboxylic acids is 1. The summed E-state index contributed by atoms with van der Waals surface area (Å²) < 4.78 is 0. The Labute approximate surface area is 59.0 Å². The van der Waals surface area contributed by atoms with Gasteiger partial charge in [0, 0.05) is 12.8 Å². The van der Waals surface area contributed by atoms with E-state index < -0.39 is 5.97 Å². The molecular formula is C7H8O3. The van der Waals surface area contributed by atoms with Gasteiger partial charge in [-0.3, -0.25) is 9.59 Å². The Balaban J connectivity index is 3.20. The molecule has 0 amide bonds. The van der Waals surface area contributed by atoms with Crippen molar-refractivity contribution in [3.05, 3.63) is 0 Å². The summed E-state index contributed by atoms with van der Waals surface area (Å²) in [7, 11) is 0. The smallest absolute Gasteiger partial charge is 0.303 e. The summed E-state index contributed by atoms with van der Waals surface area (Å²) in [5, 5.41) is 8.15. The minimum atomic E-state index is -0.826. The lowest BCUT2D eigenvalue weighted by molar-refractivity contribution is -0.137. The van der Waals surface area contributed by atoms with Gasteiger partial charge in [-0.1, -0.05) is 5.92 Å². The molecule has 0 rings (SSSR count). The van der Waals surface area contributed by atoms with Gasteiger partial charge in [-0.05, 0) is 12.3 Å². The predicted molar refractivity (Wildman–Crippen MR) is 35.3 cm³/mol. The molecule has 3 heteroatoms. The molecule has 0 aliphatic carbocycles. The second kappa shape index (κ2) is 5.83. The Morgan fingerprint density at radius 3 is 2.80 bits per heavy atom. The summed E-state index contributed by atoms with van der Waals surface area (Å²) in [6.45, 7) is 0. The highest BCUT2D eigenvalue weighted by Gasteiger charge is 1.92. The van der Waals surface area contributed by atoms with E-state index in [0.29, 0.717) is 19.1 Å². The van der Waals surface area contributed by atoms with Crippen molar-refractivity contribution in [3.63, 3.8) is 0 Å². The van der Waals surface area contributed by atoms with Crippen molar-refractivity contribution in [2.75, 3.05) is 0 Å². The lowest BCUT2D eigenvalue weighted by atomic mass is 10.2. The SMILES string of the molecule is O=CC#CCCCC(=O)O. The number of rotatable bonds is 3. The van der Waals surface area contributed by atoms with Crippen LogP contribution in [0, 0.1) is 11.8 Å². The second-order valence-corrected chi connectivity index (χ2v) is 1.69. The van der Waals surface area contributed by atoms with Gasteiger partial charge >= 0.3 is 5.97 Å². The molecule has 0 spiro atoms. The zero-order valence-corrected chi connectivity index (χ0v) is 5.46. The van der Waals surface area contributed by atoms with Gasteiger partial charge in [0.05, 0.1) is 0 Å². The first kappa shape index (κ1) is 8.70. The van der Waals surface area contributed by atoms with Crippen molar-refractivity contribution >= 4 is 12.3 Å². The van der Waals surface area contributed by atoms with Crippen LogP contribution < -0.4 is 0 Å². The Bertz CT molecular complexity index is 173. The van der Waals surface area contributed by atoms with Crippen LogP contribution in [0.5, 0.6) is 0 Å². The van der Waals surface area contributed by atoms with Crippen molar-refractivity contribution < 1.29 is 14.7 Å². The van der Waals surface area contributed by atoms with Crippen LogP contribution in [0.2, 0.25) is 0 Å². The number of carboxylic acid groups (broad SMARTS) is 1. The van der Waals surface area contributed by atoms with Crippen molar-refractivity contribution in [1.82, 2.24) is 0 Å². The number of hydrogen-bond donors (Lipinski definition) is 1. The number of carbonyl (C=O) groups is 2. The third-order valence-corrected chi connectivity index (χ3v) is 0.853. The molecule has 0 radical (unpaired) electrons. The quantitative estimate of drug-likeness (QED) is 0.351. The zero-order valence-electron chi connectivity index (χ0n) is 5.46. The normalized spacial score (nSPS) is 7.60. The molecule has 0 saturated heterocycles. The third kappa shape index (κ3) is 6.70. The number of aldehydes is 1. The maximum atomic E-state index is 9.91. The average Bonchev–Trinajstić information content (AvgIpc) is 1.87. The van der Waals surface area contributed by atoms with E-state index in [-0.39, 0.29) is 6.42 Å². The van der Waals surface area contributed by atoms with Crippen LogP contribution in [0.1, 0.15) is 19.3 Å². The highest BCUT2D eigenvalue weighted by atomic mass is 16.4. The molecule has 0 aliphatic rings. The molecule has 54 valence electrons. The van der Waals surface area contributed by atoms with Crippen LogP contribution >= 0.6 is 0 Å². The summed E-state index contributed by atoms with van der Waals surface area (Å²) >= 11 is 0. The van der Waals surface area contributed by atoms with Crippen molar-refractivity contribution in [2.45, 2.75) is 19.3 Å². The van der Waals surface area contributed by atoms with Crippen LogP contribution in [-0.4, -0.2) is 17.4 Å². The summed E-state index contributed by atoms with van der Waals surface area (Å²) in [4.78, 5) is 19.5. The fourth-order valence-electron chi connectivity index (χ4n) is 0.442. The number of aliphatic carboxylic acids is 1. The molecule has 10 heavy (non-hydrogen) atoms. The Hall–Kier alpha value is -1.30. The van der Waals surface area contributed by atoms with Gasteiger partial charge in [0.2, 0.25) is 0 Å². The van der Waals surface area contributed by atoms with Gasteiger partial charge in [0.15, 0.2) is 6.29 Å². The van der Waals surface area contributed by atoms with Gasteiger partial charge < -0.3 is 5.11 Å². The van der Waals surface area contributed by atoms with Crippen LogP contribution in [0.15, 0.2) is 0 Å². The van der Waals surface area contributed by atoms with E-state index in [9.17, 15) is 9.59 Å². The van der Waals surface area contributed by atoms with Crippen molar-refractivity contribution in [3.8, 4) is 11.8 Å². The average molecular weight is 140 g/mol. The van der Waals surface area contributed by atoms with Gasteiger partial charge in [-0.2, -0.15) is 0 Å². The molecule has 0 aromatic heterocycles. The fourth-order valence-corrected chi connectivity index (χ4v) is 0.442. The molecule has 0 aromatic rings. The van der Waals surface area contributed by atoms with Gasteiger partial charge in [-0.25, -0.2) is 0 Å². The van der Waals surface area contributed by atoms with E-state index in [0.717, 1.165) is 0 Å². The summed E-state index contributed by atoms with van der Waals surface area (Å²) in [5.74, 6) is 3.88. The third-order valence-electron chi connectivity index (χ3n) is 0.853. The standard InChI is InChI=1S/C7H8O3/c8-6-4-2-1-3-5-7(9)10/h6H,1,3,5H2,(H,9,10). The Morgan fingerprint density at radius 2 is 2.30 bits per heavy atom. The highest BCUT2D eigenvalue weighted by molar-refractivity contribution is 5.72. The van der Waals surface area contributed by atoms with E-state index in [1.807, 2.05) is 0 Å². The first-order valence-electron chi connectivity index (χ1n) is 2.91. The summed E-state index contributed by atoms with van der Waals surface area (Å²) in [6.07, 6.45) is 1.61. The van der Waals surface area contributed by atoms with E-state index in [4.69, 9.17) is 5.11 Å². The van der Waals surface area contributed by atoms with E-state index in [1.165, 1.54) is 0 Å². The van der Waals surface area contributed by atoms with Crippen LogP contribution in [-0.2, 0) is 9.59 Å².